The molecule has 3 aromatic rings. The molecule has 2 aromatic heterocycles. The number of hydrogen-bond acceptors (Lipinski definition) is 3. The zero-order chi connectivity index (χ0) is 14.8. The summed E-state index contributed by atoms with van der Waals surface area (Å²) < 4.78 is 7.53. The summed E-state index contributed by atoms with van der Waals surface area (Å²) in [6, 6.07) is 8.28. The lowest BCUT2D eigenvalue weighted by Crippen LogP contribution is -2.16. The summed E-state index contributed by atoms with van der Waals surface area (Å²) in [5.41, 5.74) is 6.84. The van der Waals surface area contributed by atoms with Gasteiger partial charge in [0.1, 0.15) is 5.75 Å². The van der Waals surface area contributed by atoms with E-state index in [2.05, 4.69) is 47.1 Å². The Labute approximate surface area is 124 Å². The number of fused-ring (bicyclic) bond motifs is 3. The average Bonchev–Trinajstić information content (AvgIpc) is 2.82. The highest BCUT2D eigenvalue weighted by Crippen LogP contribution is 2.31. The number of rotatable bonds is 5. The van der Waals surface area contributed by atoms with Crippen molar-refractivity contribution in [1.82, 2.24) is 9.66 Å². The number of aromatic nitrogens is 2. The number of hydrogen-bond donors (Lipinski definition) is 1. The number of ether oxygens (including phenoxy) is 1. The molecule has 0 saturated carbocycles. The van der Waals surface area contributed by atoms with Crippen LogP contribution in [0.1, 0.15) is 25.5 Å². The van der Waals surface area contributed by atoms with Gasteiger partial charge in [-0.25, -0.2) is 0 Å². The summed E-state index contributed by atoms with van der Waals surface area (Å²) in [6.45, 7) is 5.20. The summed E-state index contributed by atoms with van der Waals surface area (Å²) in [6.07, 6.45) is 4.19. The number of nitrogens with one attached hydrogen (secondary N) is 1. The highest BCUT2D eigenvalue weighted by Gasteiger charge is 2.13. The molecule has 0 spiro atoms. The van der Waals surface area contributed by atoms with Gasteiger partial charge in [0, 0.05) is 29.6 Å². The van der Waals surface area contributed by atoms with Gasteiger partial charge in [-0.05, 0) is 31.5 Å². The first-order valence-electron chi connectivity index (χ1n) is 7.44. The molecule has 0 amide bonds. The largest absolute Gasteiger partial charge is 0.497 e. The van der Waals surface area contributed by atoms with Crippen LogP contribution in [-0.4, -0.2) is 23.3 Å². The van der Waals surface area contributed by atoms with Crippen LogP contribution in [0.3, 0.4) is 0 Å². The number of methoxy groups -OCH3 is 1. The average molecular weight is 283 g/mol. The normalized spacial score (nSPS) is 11.2. The molecule has 21 heavy (non-hydrogen) atoms. The Hall–Kier alpha value is -2.23. The molecule has 4 nitrogen and oxygen atoms in total. The Morgan fingerprint density at radius 1 is 1.24 bits per heavy atom. The molecule has 0 aliphatic rings. The predicted molar refractivity (Wildman–Crippen MR) is 87.7 cm³/mol. The Balaban J connectivity index is 2.26. The van der Waals surface area contributed by atoms with Gasteiger partial charge in [0.15, 0.2) is 0 Å². The molecule has 0 aliphatic carbocycles. The second-order valence-corrected chi connectivity index (χ2v) is 5.27. The standard InChI is InChI=1S/C17H21N3O/c1-4-5-9-19-20-16-11-13(21-3)6-7-14(16)15-8-10-18-12(2)17(15)20/h6-8,10-11,19H,4-5,9H2,1-3H3. The van der Waals surface area contributed by atoms with Crippen molar-refractivity contribution in [2.24, 2.45) is 0 Å². The van der Waals surface area contributed by atoms with E-state index in [1.807, 2.05) is 12.3 Å². The third kappa shape index (κ3) is 2.31. The van der Waals surface area contributed by atoms with E-state index in [0.29, 0.717) is 0 Å². The summed E-state index contributed by atoms with van der Waals surface area (Å²) >= 11 is 0. The third-order valence-corrected chi connectivity index (χ3v) is 3.87. The topological polar surface area (TPSA) is 39.1 Å². The van der Waals surface area contributed by atoms with Gasteiger partial charge in [0.25, 0.3) is 0 Å². The van der Waals surface area contributed by atoms with E-state index in [-0.39, 0.29) is 0 Å². The molecule has 110 valence electrons. The van der Waals surface area contributed by atoms with Crippen molar-refractivity contribution in [3.63, 3.8) is 0 Å². The molecule has 0 radical (unpaired) electrons. The smallest absolute Gasteiger partial charge is 0.121 e. The van der Waals surface area contributed by atoms with Crippen LogP contribution in [0.25, 0.3) is 21.8 Å². The maximum Gasteiger partial charge on any atom is 0.121 e. The van der Waals surface area contributed by atoms with Gasteiger partial charge in [-0.2, -0.15) is 0 Å². The minimum absolute atomic E-state index is 0.870. The molecule has 0 fully saturated rings. The van der Waals surface area contributed by atoms with Gasteiger partial charge in [0.05, 0.1) is 23.8 Å². The zero-order valence-electron chi connectivity index (χ0n) is 12.8. The van der Waals surface area contributed by atoms with Gasteiger partial charge in [0.2, 0.25) is 0 Å². The van der Waals surface area contributed by atoms with E-state index in [1.165, 1.54) is 17.2 Å². The molecule has 2 heterocycles. The van der Waals surface area contributed by atoms with Gasteiger partial charge in [-0.15, -0.1) is 0 Å². The number of pyridine rings is 1. The monoisotopic (exact) mass is 283 g/mol. The molecule has 0 unspecified atom stereocenters. The Kier molecular flexibility index (Phi) is 3.69. The van der Waals surface area contributed by atoms with Crippen LogP contribution in [0.5, 0.6) is 5.75 Å². The van der Waals surface area contributed by atoms with Crippen LogP contribution in [0, 0.1) is 6.92 Å². The molecule has 1 aromatic carbocycles. The van der Waals surface area contributed by atoms with E-state index < -0.39 is 0 Å². The highest BCUT2D eigenvalue weighted by molar-refractivity contribution is 6.09. The molecule has 3 rings (SSSR count). The lowest BCUT2D eigenvalue weighted by Gasteiger charge is -2.11. The van der Waals surface area contributed by atoms with Crippen molar-refractivity contribution in [1.29, 1.82) is 0 Å². The number of aryl methyl sites for hydroxylation is 1. The summed E-state index contributed by atoms with van der Waals surface area (Å²) in [4.78, 5) is 4.44. The fraction of sp³-hybridized carbons (Fsp3) is 0.353. The van der Waals surface area contributed by atoms with Crippen LogP contribution in [-0.2, 0) is 0 Å². The lowest BCUT2D eigenvalue weighted by atomic mass is 10.1. The molecular weight excluding hydrogens is 262 g/mol. The Morgan fingerprint density at radius 2 is 2.10 bits per heavy atom. The van der Waals surface area contributed by atoms with Crippen molar-refractivity contribution in [3.05, 3.63) is 36.2 Å². The van der Waals surface area contributed by atoms with Crippen molar-refractivity contribution in [2.45, 2.75) is 26.7 Å². The molecule has 4 heteroatoms. The van der Waals surface area contributed by atoms with Crippen LogP contribution in [0.4, 0.5) is 0 Å². The van der Waals surface area contributed by atoms with Crippen molar-refractivity contribution in [3.8, 4) is 5.75 Å². The van der Waals surface area contributed by atoms with E-state index in [4.69, 9.17) is 4.74 Å². The minimum Gasteiger partial charge on any atom is -0.497 e. The van der Waals surface area contributed by atoms with Crippen molar-refractivity contribution >= 4 is 21.8 Å². The van der Waals surface area contributed by atoms with Crippen LogP contribution < -0.4 is 10.2 Å². The van der Waals surface area contributed by atoms with E-state index in [0.717, 1.165) is 35.4 Å². The predicted octanol–water partition coefficient (Wildman–Crippen LogP) is 3.85. The first-order valence-corrected chi connectivity index (χ1v) is 7.44. The summed E-state index contributed by atoms with van der Waals surface area (Å²) in [5, 5.41) is 2.45. The van der Waals surface area contributed by atoms with E-state index in [1.54, 1.807) is 7.11 Å². The second kappa shape index (κ2) is 5.64. The van der Waals surface area contributed by atoms with Crippen LogP contribution >= 0.6 is 0 Å². The summed E-state index contributed by atoms with van der Waals surface area (Å²) in [7, 11) is 1.70. The van der Waals surface area contributed by atoms with Gasteiger partial charge >= 0.3 is 0 Å². The van der Waals surface area contributed by atoms with Gasteiger partial charge in [-0.1, -0.05) is 13.3 Å². The molecule has 1 N–H and O–H groups in total. The van der Waals surface area contributed by atoms with Gasteiger partial charge < -0.3 is 10.2 Å². The van der Waals surface area contributed by atoms with Crippen molar-refractivity contribution in [2.75, 3.05) is 19.1 Å². The fourth-order valence-corrected chi connectivity index (χ4v) is 2.76. The molecular formula is C17H21N3O. The van der Waals surface area contributed by atoms with Crippen LogP contribution in [0.2, 0.25) is 0 Å². The Bertz CT molecular complexity index is 776. The van der Waals surface area contributed by atoms with Crippen molar-refractivity contribution < 1.29 is 4.74 Å². The van der Waals surface area contributed by atoms with E-state index in [9.17, 15) is 0 Å². The Morgan fingerprint density at radius 3 is 2.86 bits per heavy atom. The first-order chi connectivity index (χ1) is 10.3. The molecule has 0 aliphatic heterocycles. The summed E-state index contributed by atoms with van der Waals surface area (Å²) in [5.74, 6) is 0.870. The SMILES string of the molecule is CCCCNn1c2cc(OC)ccc2c2ccnc(C)c21. The fourth-order valence-electron chi connectivity index (χ4n) is 2.76. The minimum atomic E-state index is 0.870. The number of nitrogens with zero attached hydrogens (tertiary/aromatic N) is 2. The molecule has 0 bridgehead atoms. The maximum absolute atomic E-state index is 5.37. The highest BCUT2D eigenvalue weighted by atomic mass is 16.5. The quantitative estimate of drug-likeness (QED) is 0.723. The maximum atomic E-state index is 5.37. The molecule has 0 saturated heterocycles. The van der Waals surface area contributed by atoms with Crippen LogP contribution in [0.15, 0.2) is 30.5 Å². The molecule has 0 atom stereocenters. The number of unbranched alkanes of at least 4 members (excludes halogenated alkanes) is 1. The lowest BCUT2D eigenvalue weighted by molar-refractivity contribution is 0.415. The zero-order valence-corrected chi connectivity index (χ0v) is 12.8. The number of benzene rings is 1. The van der Waals surface area contributed by atoms with E-state index >= 15 is 0 Å². The third-order valence-electron chi connectivity index (χ3n) is 3.87. The van der Waals surface area contributed by atoms with Gasteiger partial charge in [-0.3, -0.25) is 9.66 Å². The first kappa shape index (κ1) is 13.7. The second-order valence-electron chi connectivity index (χ2n) is 5.27.